The van der Waals surface area contributed by atoms with Gasteiger partial charge in [0.25, 0.3) is 0 Å². The molecule has 1 aliphatic rings. The molecule has 0 unspecified atom stereocenters. The molecule has 1 aromatic heterocycles. The fourth-order valence-corrected chi connectivity index (χ4v) is 5.23. The van der Waals surface area contributed by atoms with E-state index in [0.717, 1.165) is 18.9 Å². The summed E-state index contributed by atoms with van der Waals surface area (Å²) in [7, 11) is -3.82. The van der Waals surface area contributed by atoms with Gasteiger partial charge in [-0.3, -0.25) is 10.1 Å². The quantitative estimate of drug-likeness (QED) is 0.398. The SMILES string of the molecule is Cc1nc(-c2ccc(Oc3ccc(S(=O)(=O)N4CCC[C@@H](C)C4)cc3[N+](=O)[O-])cc2)no1. The van der Waals surface area contributed by atoms with Crippen molar-refractivity contribution in [2.45, 2.75) is 31.6 Å². The van der Waals surface area contributed by atoms with Crippen LogP contribution in [0.1, 0.15) is 25.7 Å². The predicted molar refractivity (Wildman–Crippen MR) is 115 cm³/mol. The van der Waals surface area contributed by atoms with Gasteiger partial charge in [0, 0.05) is 31.6 Å². The lowest BCUT2D eigenvalue weighted by Gasteiger charge is -2.30. The normalized spacial score (nSPS) is 17.2. The highest BCUT2D eigenvalue weighted by Crippen LogP contribution is 2.35. The first kappa shape index (κ1) is 21.9. The zero-order chi connectivity index (χ0) is 22.9. The highest BCUT2D eigenvalue weighted by molar-refractivity contribution is 7.89. The second kappa shape index (κ2) is 8.67. The first-order valence-electron chi connectivity index (χ1n) is 10.1. The van der Waals surface area contributed by atoms with E-state index in [1.54, 1.807) is 31.2 Å². The summed E-state index contributed by atoms with van der Waals surface area (Å²) in [5.74, 6) is 1.39. The zero-order valence-electron chi connectivity index (χ0n) is 17.6. The fourth-order valence-electron chi connectivity index (χ4n) is 3.62. The van der Waals surface area contributed by atoms with E-state index in [4.69, 9.17) is 9.26 Å². The van der Waals surface area contributed by atoms with Crippen molar-refractivity contribution in [1.82, 2.24) is 14.4 Å². The van der Waals surface area contributed by atoms with Crippen molar-refractivity contribution in [3.63, 3.8) is 0 Å². The van der Waals surface area contributed by atoms with Gasteiger partial charge in [0.1, 0.15) is 5.75 Å². The Labute approximate surface area is 185 Å². The van der Waals surface area contributed by atoms with Crippen LogP contribution in [0, 0.1) is 23.0 Å². The summed E-state index contributed by atoms with van der Waals surface area (Å²) in [6.07, 6.45) is 1.73. The van der Waals surface area contributed by atoms with E-state index in [0.29, 0.717) is 36.1 Å². The van der Waals surface area contributed by atoms with Crippen LogP contribution in [0.25, 0.3) is 11.4 Å². The minimum atomic E-state index is -3.82. The number of nitrogens with zero attached hydrogens (tertiary/aromatic N) is 4. The van der Waals surface area contributed by atoms with E-state index in [-0.39, 0.29) is 16.6 Å². The molecule has 0 bridgehead atoms. The molecule has 11 heteroatoms. The predicted octanol–water partition coefficient (Wildman–Crippen LogP) is 4.17. The molecule has 0 aliphatic carbocycles. The number of aromatic nitrogens is 2. The molecular formula is C21H22N4O6S. The third kappa shape index (κ3) is 4.48. The Morgan fingerprint density at radius 3 is 2.59 bits per heavy atom. The van der Waals surface area contributed by atoms with Gasteiger partial charge < -0.3 is 9.26 Å². The molecule has 0 radical (unpaired) electrons. The lowest BCUT2D eigenvalue weighted by molar-refractivity contribution is -0.385. The summed E-state index contributed by atoms with van der Waals surface area (Å²) in [5.41, 5.74) is 0.273. The highest BCUT2D eigenvalue weighted by Gasteiger charge is 2.31. The smallest absolute Gasteiger partial charge is 0.312 e. The summed E-state index contributed by atoms with van der Waals surface area (Å²) >= 11 is 0. The first-order valence-corrected chi connectivity index (χ1v) is 11.6. The van der Waals surface area contributed by atoms with Crippen LogP contribution in [-0.4, -0.2) is 40.9 Å². The molecule has 168 valence electrons. The number of nitro groups is 1. The summed E-state index contributed by atoms with van der Waals surface area (Å²) in [4.78, 5) is 15.0. The highest BCUT2D eigenvalue weighted by atomic mass is 32.2. The van der Waals surface area contributed by atoms with Crippen molar-refractivity contribution in [2.75, 3.05) is 13.1 Å². The summed E-state index contributed by atoms with van der Waals surface area (Å²) in [6, 6.07) is 10.3. The van der Waals surface area contributed by atoms with Gasteiger partial charge in [0.05, 0.1) is 9.82 Å². The molecule has 1 fully saturated rings. The van der Waals surface area contributed by atoms with Gasteiger partial charge >= 0.3 is 5.69 Å². The van der Waals surface area contributed by atoms with E-state index in [1.165, 1.54) is 16.4 Å². The molecule has 1 aliphatic heterocycles. The van der Waals surface area contributed by atoms with Gasteiger partial charge in [-0.25, -0.2) is 8.42 Å². The Kier molecular flexibility index (Phi) is 5.94. The number of aryl methyl sites for hydroxylation is 1. The van der Waals surface area contributed by atoms with Crippen LogP contribution in [0.4, 0.5) is 5.69 Å². The van der Waals surface area contributed by atoms with Crippen molar-refractivity contribution in [3.8, 4) is 22.9 Å². The van der Waals surface area contributed by atoms with Gasteiger partial charge in [-0.1, -0.05) is 12.1 Å². The molecule has 2 aromatic carbocycles. The summed E-state index contributed by atoms with van der Waals surface area (Å²) in [5, 5.41) is 15.5. The molecule has 2 heterocycles. The minimum Gasteiger partial charge on any atom is -0.450 e. The Morgan fingerprint density at radius 2 is 1.97 bits per heavy atom. The van der Waals surface area contributed by atoms with E-state index in [9.17, 15) is 18.5 Å². The maximum Gasteiger partial charge on any atom is 0.312 e. The van der Waals surface area contributed by atoms with Crippen LogP contribution >= 0.6 is 0 Å². The largest absolute Gasteiger partial charge is 0.450 e. The van der Waals surface area contributed by atoms with Crippen molar-refractivity contribution in [2.24, 2.45) is 5.92 Å². The summed E-state index contributed by atoms with van der Waals surface area (Å²) < 4.78 is 38.0. The average Bonchev–Trinajstić information content (AvgIpc) is 3.20. The van der Waals surface area contributed by atoms with Crippen molar-refractivity contribution >= 4 is 15.7 Å². The third-order valence-corrected chi connectivity index (χ3v) is 7.11. The first-order chi connectivity index (χ1) is 15.2. The lowest BCUT2D eigenvalue weighted by atomic mass is 10.0. The Hall–Kier alpha value is -3.31. The summed E-state index contributed by atoms with van der Waals surface area (Å²) in [6.45, 7) is 4.49. The number of hydrogen-bond donors (Lipinski definition) is 0. The number of nitro benzene ring substituents is 1. The molecule has 3 aromatic rings. The number of hydrogen-bond acceptors (Lipinski definition) is 8. The van der Waals surface area contributed by atoms with Crippen LogP contribution in [0.3, 0.4) is 0 Å². The van der Waals surface area contributed by atoms with Crippen LogP contribution in [0.2, 0.25) is 0 Å². The fraction of sp³-hybridized carbons (Fsp3) is 0.333. The molecule has 0 spiro atoms. The zero-order valence-corrected chi connectivity index (χ0v) is 18.4. The molecule has 0 amide bonds. The maximum atomic E-state index is 13.0. The molecule has 32 heavy (non-hydrogen) atoms. The molecular weight excluding hydrogens is 436 g/mol. The molecule has 1 saturated heterocycles. The topological polar surface area (TPSA) is 129 Å². The molecule has 4 rings (SSSR count). The van der Waals surface area contributed by atoms with Crippen molar-refractivity contribution in [1.29, 1.82) is 0 Å². The van der Waals surface area contributed by atoms with E-state index in [1.807, 2.05) is 6.92 Å². The van der Waals surface area contributed by atoms with Crippen molar-refractivity contribution in [3.05, 3.63) is 58.5 Å². The van der Waals surface area contributed by atoms with E-state index in [2.05, 4.69) is 10.1 Å². The van der Waals surface area contributed by atoms with Gasteiger partial charge in [-0.05, 0) is 55.2 Å². The van der Waals surface area contributed by atoms with Crippen molar-refractivity contribution < 1.29 is 22.6 Å². The molecule has 1 atom stereocenters. The molecule has 10 nitrogen and oxygen atoms in total. The average molecular weight is 458 g/mol. The second-order valence-corrected chi connectivity index (χ2v) is 9.70. The van der Waals surface area contributed by atoms with Crippen LogP contribution in [0.15, 0.2) is 51.9 Å². The maximum absolute atomic E-state index is 13.0. The standard InChI is InChI=1S/C21H22N4O6S/c1-14-4-3-11-24(13-14)32(28,29)18-9-10-20(19(12-18)25(26)27)30-17-7-5-16(6-8-17)21-22-15(2)31-23-21/h5-10,12,14H,3-4,11,13H2,1-2H3/t14-/m1/s1. The monoisotopic (exact) mass is 458 g/mol. The second-order valence-electron chi connectivity index (χ2n) is 7.76. The number of piperidine rings is 1. The van der Waals surface area contributed by atoms with E-state index >= 15 is 0 Å². The third-order valence-electron chi connectivity index (χ3n) is 5.25. The van der Waals surface area contributed by atoms with Gasteiger partial charge in [0.15, 0.2) is 0 Å². The Morgan fingerprint density at radius 1 is 1.22 bits per heavy atom. The van der Waals surface area contributed by atoms with Crippen LogP contribution in [-0.2, 0) is 10.0 Å². The van der Waals surface area contributed by atoms with Gasteiger partial charge in [0.2, 0.25) is 27.5 Å². The van der Waals surface area contributed by atoms with Gasteiger partial charge in [-0.2, -0.15) is 9.29 Å². The van der Waals surface area contributed by atoms with Crippen LogP contribution in [0.5, 0.6) is 11.5 Å². The molecule has 0 N–H and O–H groups in total. The van der Waals surface area contributed by atoms with Gasteiger partial charge in [-0.15, -0.1) is 0 Å². The molecule has 0 saturated carbocycles. The Balaban J connectivity index is 1.59. The number of ether oxygens (including phenoxy) is 1. The Bertz CT molecular complexity index is 1240. The lowest BCUT2D eigenvalue weighted by Crippen LogP contribution is -2.39. The number of rotatable bonds is 6. The van der Waals surface area contributed by atoms with E-state index < -0.39 is 20.6 Å². The van der Waals surface area contributed by atoms with Crippen LogP contribution < -0.4 is 4.74 Å². The minimum absolute atomic E-state index is 0.0517. The number of benzene rings is 2. The number of sulfonamides is 1.